The van der Waals surface area contributed by atoms with Gasteiger partial charge in [0.15, 0.2) is 0 Å². The molecular formula is C14H18O8. The Bertz CT molecular complexity index is 416. The Morgan fingerprint density at radius 2 is 1.64 bits per heavy atom. The molecule has 1 heterocycles. The Hall–Kier alpha value is -2.51. The van der Waals surface area contributed by atoms with Crippen molar-refractivity contribution in [1.29, 1.82) is 0 Å². The summed E-state index contributed by atoms with van der Waals surface area (Å²) >= 11 is 0. The first-order chi connectivity index (χ1) is 10.5. The third-order valence-corrected chi connectivity index (χ3v) is 2.58. The topological polar surface area (TPSA) is 97.4 Å². The van der Waals surface area contributed by atoms with Crippen LogP contribution in [0.4, 0.5) is 9.59 Å². The van der Waals surface area contributed by atoms with Crippen LogP contribution >= 0.6 is 0 Å². The third kappa shape index (κ3) is 5.12. The highest BCUT2D eigenvalue weighted by Gasteiger charge is 2.50. The van der Waals surface area contributed by atoms with E-state index in [0.717, 1.165) is 0 Å². The molecule has 122 valence electrons. The summed E-state index contributed by atoms with van der Waals surface area (Å²) in [4.78, 5) is 35.2. The number of cyclic esters (lactones) is 1. The minimum Gasteiger partial charge on any atom is -0.460 e. The van der Waals surface area contributed by atoms with E-state index in [1.807, 2.05) is 0 Å². The predicted octanol–water partition coefficient (Wildman–Crippen LogP) is 2.09. The molecule has 0 spiro atoms. The summed E-state index contributed by atoms with van der Waals surface area (Å²) < 4.78 is 23.9. The van der Waals surface area contributed by atoms with Crippen molar-refractivity contribution in [2.24, 2.45) is 0 Å². The van der Waals surface area contributed by atoms with Gasteiger partial charge >= 0.3 is 24.1 Å². The summed E-state index contributed by atoms with van der Waals surface area (Å²) in [6, 6.07) is 0. The average molecular weight is 314 g/mol. The van der Waals surface area contributed by atoms with Crippen LogP contribution in [-0.4, -0.2) is 43.9 Å². The van der Waals surface area contributed by atoms with Gasteiger partial charge in [-0.3, -0.25) is 0 Å². The van der Waals surface area contributed by atoms with Gasteiger partial charge in [0.25, 0.3) is 0 Å². The van der Waals surface area contributed by atoms with Gasteiger partial charge in [-0.2, -0.15) is 0 Å². The molecule has 0 amide bonds. The van der Waals surface area contributed by atoms with Gasteiger partial charge in [-0.05, 0) is 12.8 Å². The maximum Gasteiger partial charge on any atom is 0.512 e. The number of rotatable bonds is 6. The lowest BCUT2D eigenvalue weighted by Crippen LogP contribution is -2.48. The van der Waals surface area contributed by atoms with Gasteiger partial charge in [0.05, 0.1) is 6.61 Å². The van der Waals surface area contributed by atoms with Crippen LogP contribution < -0.4 is 0 Å². The quantitative estimate of drug-likeness (QED) is 0.318. The van der Waals surface area contributed by atoms with E-state index in [2.05, 4.69) is 22.6 Å². The fraction of sp³-hybridized carbons (Fsp3) is 0.500. The van der Waals surface area contributed by atoms with Gasteiger partial charge in [-0.15, -0.1) is 0 Å². The van der Waals surface area contributed by atoms with Gasteiger partial charge in [-0.25, -0.2) is 14.4 Å². The first kappa shape index (κ1) is 17.5. The summed E-state index contributed by atoms with van der Waals surface area (Å²) in [5.74, 6) is -3.20. The molecule has 8 heteroatoms. The van der Waals surface area contributed by atoms with Crippen LogP contribution in [0.2, 0.25) is 0 Å². The molecule has 0 aromatic rings. The zero-order valence-corrected chi connectivity index (χ0v) is 12.1. The van der Waals surface area contributed by atoms with Crippen LogP contribution in [0.5, 0.6) is 0 Å². The first-order valence-corrected chi connectivity index (χ1v) is 6.64. The SMILES string of the molecule is C=CCOC(=O)OC1(OC(=O)OCC=C)CCCCOC1=O. The maximum absolute atomic E-state index is 12.0. The van der Waals surface area contributed by atoms with E-state index in [-0.39, 0.29) is 26.2 Å². The molecule has 0 aromatic carbocycles. The van der Waals surface area contributed by atoms with Crippen LogP contribution in [0.3, 0.4) is 0 Å². The van der Waals surface area contributed by atoms with E-state index < -0.39 is 24.1 Å². The molecule has 1 fully saturated rings. The molecule has 1 aliphatic rings. The summed E-state index contributed by atoms with van der Waals surface area (Å²) in [7, 11) is 0. The van der Waals surface area contributed by atoms with E-state index in [1.165, 1.54) is 12.2 Å². The zero-order chi connectivity index (χ0) is 16.4. The molecular weight excluding hydrogens is 296 g/mol. The Morgan fingerprint density at radius 1 is 1.09 bits per heavy atom. The Morgan fingerprint density at radius 3 is 2.14 bits per heavy atom. The molecule has 0 saturated carbocycles. The molecule has 0 aromatic heterocycles. The average Bonchev–Trinajstić information content (AvgIpc) is 2.66. The van der Waals surface area contributed by atoms with E-state index in [0.29, 0.717) is 12.8 Å². The molecule has 1 aliphatic heterocycles. The first-order valence-electron chi connectivity index (χ1n) is 6.64. The maximum atomic E-state index is 12.0. The summed E-state index contributed by atoms with van der Waals surface area (Å²) in [6.45, 7) is 6.63. The second-order valence-corrected chi connectivity index (χ2v) is 4.25. The number of carbonyl (C=O) groups is 3. The van der Waals surface area contributed by atoms with Gasteiger partial charge < -0.3 is 23.7 Å². The van der Waals surface area contributed by atoms with Crippen LogP contribution in [-0.2, 0) is 28.5 Å². The van der Waals surface area contributed by atoms with Crippen molar-refractivity contribution in [3.8, 4) is 0 Å². The van der Waals surface area contributed by atoms with E-state index >= 15 is 0 Å². The van der Waals surface area contributed by atoms with Crippen LogP contribution in [0.15, 0.2) is 25.3 Å². The normalized spacial score (nSPS) is 16.5. The number of esters is 1. The largest absolute Gasteiger partial charge is 0.512 e. The number of carbonyl (C=O) groups excluding carboxylic acids is 3. The fourth-order valence-corrected chi connectivity index (χ4v) is 1.62. The van der Waals surface area contributed by atoms with E-state index in [9.17, 15) is 14.4 Å². The van der Waals surface area contributed by atoms with Crippen LogP contribution in [0, 0.1) is 0 Å². The number of hydrogen-bond acceptors (Lipinski definition) is 8. The van der Waals surface area contributed by atoms with Gasteiger partial charge in [-0.1, -0.05) is 25.3 Å². The second kappa shape index (κ2) is 8.71. The van der Waals surface area contributed by atoms with Crippen molar-refractivity contribution in [2.75, 3.05) is 19.8 Å². The van der Waals surface area contributed by atoms with Crippen molar-refractivity contribution in [3.63, 3.8) is 0 Å². The summed E-state index contributed by atoms with van der Waals surface area (Å²) in [6.07, 6.45) is 1.19. The Balaban J connectivity index is 2.84. The molecule has 0 radical (unpaired) electrons. The zero-order valence-electron chi connectivity index (χ0n) is 12.1. The number of ether oxygens (including phenoxy) is 5. The lowest BCUT2D eigenvalue weighted by molar-refractivity contribution is -0.217. The summed E-state index contributed by atoms with van der Waals surface area (Å²) in [5, 5.41) is 0. The van der Waals surface area contributed by atoms with Gasteiger partial charge in [0.2, 0.25) is 0 Å². The van der Waals surface area contributed by atoms with Crippen LogP contribution in [0.1, 0.15) is 19.3 Å². The highest BCUT2D eigenvalue weighted by Crippen LogP contribution is 2.27. The Labute approximate surface area is 127 Å². The molecule has 0 atom stereocenters. The van der Waals surface area contributed by atoms with E-state index in [1.54, 1.807) is 0 Å². The van der Waals surface area contributed by atoms with E-state index in [4.69, 9.17) is 14.2 Å². The highest BCUT2D eigenvalue weighted by molar-refractivity contribution is 5.83. The van der Waals surface area contributed by atoms with Gasteiger partial charge in [0.1, 0.15) is 13.2 Å². The fourth-order valence-electron chi connectivity index (χ4n) is 1.62. The number of hydrogen-bond donors (Lipinski definition) is 0. The second-order valence-electron chi connectivity index (χ2n) is 4.25. The predicted molar refractivity (Wildman–Crippen MR) is 72.8 cm³/mol. The molecule has 1 rings (SSSR count). The molecule has 22 heavy (non-hydrogen) atoms. The minimum absolute atomic E-state index is 0.0573. The Kier molecular flexibility index (Phi) is 6.94. The van der Waals surface area contributed by atoms with Crippen LogP contribution in [0.25, 0.3) is 0 Å². The lowest BCUT2D eigenvalue weighted by Gasteiger charge is -2.27. The minimum atomic E-state index is -2.22. The van der Waals surface area contributed by atoms with Gasteiger partial charge in [0, 0.05) is 6.42 Å². The standard InChI is InChI=1S/C14H18O8/c1-3-8-19-12(16)21-14(22-13(17)20-9-4-2)7-5-6-10-18-11(14)15/h3-4H,1-2,5-10H2. The molecule has 0 bridgehead atoms. The third-order valence-electron chi connectivity index (χ3n) is 2.58. The molecule has 0 N–H and O–H groups in total. The molecule has 0 aliphatic carbocycles. The van der Waals surface area contributed by atoms with Crippen molar-refractivity contribution < 1.29 is 38.1 Å². The summed E-state index contributed by atoms with van der Waals surface area (Å²) in [5.41, 5.74) is 0. The monoisotopic (exact) mass is 314 g/mol. The smallest absolute Gasteiger partial charge is 0.460 e. The highest BCUT2D eigenvalue weighted by atomic mass is 16.9. The van der Waals surface area contributed by atoms with Crippen molar-refractivity contribution >= 4 is 18.3 Å². The molecule has 0 unspecified atom stereocenters. The molecule has 1 saturated heterocycles. The molecule has 8 nitrogen and oxygen atoms in total. The van der Waals surface area contributed by atoms with Crippen molar-refractivity contribution in [2.45, 2.75) is 25.0 Å². The lowest BCUT2D eigenvalue weighted by atomic mass is 10.1. The van der Waals surface area contributed by atoms with Crippen molar-refractivity contribution in [1.82, 2.24) is 0 Å². The van der Waals surface area contributed by atoms with Crippen molar-refractivity contribution in [3.05, 3.63) is 25.3 Å².